The fourth-order valence-corrected chi connectivity index (χ4v) is 1.76. The van der Waals surface area contributed by atoms with E-state index >= 15 is 0 Å². The Labute approximate surface area is 109 Å². The number of rotatable bonds is 3. The number of furan rings is 1. The van der Waals surface area contributed by atoms with Crippen LogP contribution in [0.15, 0.2) is 34.9 Å². The van der Waals surface area contributed by atoms with Gasteiger partial charge in [0.05, 0.1) is 11.1 Å². The van der Waals surface area contributed by atoms with Crippen LogP contribution in [0.4, 0.5) is 5.69 Å². The molecule has 0 unspecified atom stereocenters. The molecule has 0 aliphatic carbocycles. The third kappa shape index (κ3) is 2.65. The number of nitrogens with one attached hydrogen (secondary N) is 1. The molecule has 98 valence electrons. The van der Waals surface area contributed by atoms with Crippen molar-refractivity contribution in [3.8, 4) is 0 Å². The van der Waals surface area contributed by atoms with Crippen molar-refractivity contribution in [2.75, 3.05) is 5.32 Å². The standard InChI is InChI=1S/C14H13NO4/c1-8-6-10(7-19-8)13(16)15-12-5-3-4-11(9(12)2)14(17)18/h3-7H,1-2H3,(H,15,16)(H,17,18). The number of carbonyl (C=O) groups excluding carboxylic acids is 1. The summed E-state index contributed by atoms with van der Waals surface area (Å²) in [7, 11) is 0. The van der Waals surface area contributed by atoms with Gasteiger partial charge in [-0.25, -0.2) is 4.79 Å². The van der Waals surface area contributed by atoms with Crippen LogP contribution >= 0.6 is 0 Å². The van der Waals surface area contributed by atoms with Crippen molar-refractivity contribution in [3.63, 3.8) is 0 Å². The van der Waals surface area contributed by atoms with Crippen molar-refractivity contribution in [3.05, 3.63) is 53.0 Å². The average Bonchev–Trinajstić information content (AvgIpc) is 2.78. The van der Waals surface area contributed by atoms with E-state index in [1.807, 2.05) is 0 Å². The topological polar surface area (TPSA) is 79.5 Å². The number of hydrogen-bond donors (Lipinski definition) is 2. The van der Waals surface area contributed by atoms with Crippen LogP contribution in [0.2, 0.25) is 0 Å². The first-order chi connectivity index (χ1) is 8.99. The molecule has 1 heterocycles. The highest BCUT2D eigenvalue weighted by Gasteiger charge is 2.14. The molecule has 2 rings (SSSR count). The minimum Gasteiger partial charge on any atom is -0.478 e. The number of aromatic carboxylic acids is 1. The van der Waals surface area contributed by atoms with Crippen LogP contribution in [-0.4, -0.2) is 17.0 Å². The van der Waals surface area contributed by atoms with E-state index in [1.54, 1.807) is 32.0 Å². The van der Waals surface area contributed by atoms with Gasteiger partial charge in [0.2, 0.25) is 0 Å². The highest BCUT2D eigenvalue weighted by atomic mass is 16.4. The SMILES string of the molecule is Cc1cc(C(=O)Nc2cccc(C(=O)O)c2C)co1. The summed E-state index contributed by atoms with van der Waals surface area (Å²) in [6, 6.07) is 6.36. The molecule has 0 aliphatic rings. The highest BCUT2D eigenvalue weighted by molar-refractivity contribution is 6.05. The fraction of sp³-hybridized carbons (Fsp3) is 0.143. The minimum atomic E-state index is -1.02. The second kappa shape index (κ2) is 4.97. The van der Waals surface area contributed by atoms with Crippen LogP contribution in [0.25, 0.3) is 0 Å². The summed E-state index contributed by atoms with van der Waals surface area (Å²) >= 11 is 0. The third-order valence-corrected chi connectivity index (χ3v) is 2.81. The largest absolute Gasteiger partial charge is 0.478 e. The lowest BCUT2D eigenvalue weighted by atomic mass is 10.1. The Hall–Kier alpha value is -2.56. The maximum absolute atomic E-state index is 11.9. The van der Waals surface area contributed by atoms with E-state index in [4.69, 9.17) is 9.52 Å². The van der Waals surface area contributed by atoms with E-state index in [2.05, 4.69) is 5.32 Å². The van der Waals surface area contributed by atoms with E-state index in [0.29, 0.717) is 22.6 Å². The van der Waals surface area contributed by atoms with Crippen LogP contribution in [0.3, 0.4) is 0 Å². The molecular weight excluding hydrogens is 246 g/mol. The number of carboxylic acids is 1. The van der Waals surface area contributed by atoms with E-state index < -0.39 is 5.97 Å². The molecule has 1 amide bonds. The zero-order valence-electron chi connectivity index (χ0n) is 10.6. The van der Waals surface area contributed by atoms with Gasteiger partial charge in [0.1, 0.15) is 12.0 Å². The number of hydrogen-bond acceptors (Lipinski definition) is 3. The van der Waals surface area contributed by atoms with Crippen molar-refractivity contribution >= 4 is 17.6 Å². The predicted octanol–water partition coefficient (Wildman–Crippen LogP) is 2.85. The average molecular weight is 259 g/mol. The molecule has 2 N–H and O–H groups in total. The molecule has 5 heteroatoms. The van der Waals surface area contributed by atoms with Gasteiger partial charge in [-0.3, -0.25) is 4.79 Å². The lowest BCUT2D eigenvalue weighted by molar-refractivity contribution is 0.0695. The van der Waals surface area contributed by atoms with Gasteiger partial charge in [-0.1, -0.05) is 6.07 Å². The van der Waals surface area contributed by atoms with Crippen LogP contribution in [0.5, 0.6) is 0 Å². The number of carbonyl (C=O) groups is 2. The number of benzene rings is 1. The predicted molar refractivity (Wildman–Crippen MR) is 69.5 cm³/mol. The van der Waals surface area contributed by atoms with Crippen molar-refractivity contribution in [2.45, 2.75) is 13.8 Å². The number of anilines is 1. The van der Waals surface area contributed by atoms with Crippen molar-refractivity contribution in [1.82, 2.24) is 0 Å². The Kier molecular flexibility index (Phi) is 3.37. The van der Waals surface area contributed by atoms with Gasteiger partial charge in [-0.2, -0.15) is 0 Å². The Balaban J connectivity index is 2.27. The van der Waals surface area contributed by atoms with Gasteiger partial charge in [0.25, 0.3) is 5.91 Å². The number of aryl methyl sites for hydroxylation is 1. The summed E-state index contributed by atoms with van der Waals surface area (Å²) in [5.74, 6) is -0.712. The summed E-state index contributed by atoms with van der Waals surface area (Å²) in [6.45, 7) is 3.40. The van der Waals surface area contributed by atoms with Crippen molar-refractivity contribution < 1.29 is 19.1 Å². The first-order valence-corrected chi connectivity index (χ1v) is 5.68. The molecule has 1 aromatic carbocycles. The number of amides is 1. The Morgan fingerprint density at radius 3 is 2.58 bits per heavy atom. The van der Waals surface area contributed by atoms with Crippen molar-refractivity contribution in [1.29, 1.82) is 0 Å². The zero-order chi connectivity index (χ0) is 14.0. The Bertz CT molecular complexity index is 643. The normalized spacial score (nSPS) is 10.2. The first-order valence-electron chi connectivity index (χ1n) is 5.68. The van der Waals surface area contributed by atoms with Gasteiger partial charge in [0, 0.05) is 5.69 Å². The molecule has 0 aliphatic heterocycles. The summed E-state index contributed by atoms with van der Waals surface area (Å²) in [4.78, 5) is 22.9. The van der Waals surface area contributed by atoms with Gasteiger partial charge in [-0.15, -0.1) is 0 Å². The van der Waals surface area contributed by atoms with Gasteiger partial charge < -0.3 is 14.8 Å². The van der Waals surface area contributed by atoms with E-state index in [9.17, 15) is 9.59 Å². The minimum absolute atomic E-state index is 0.168. The molecule has 1 aromatic heterocycles. The molecule has 0 bridgehead atoms. The summed E-state index contributed by atoms with van der Waals surface area (Å²) in [5, 5.41) is 11.7. The molecule has 2 aromatic rings. The summed E-state index contributed by atoms with van der Waals surface area (Å²) in [6.07, 6.45) is 1.36. The van der Waals surface area contributed by atoms with E-state index in [-0.39, 0.29) is 11.5 Å². The number of carboxylic acid groups (broad SMARTS) is 1. The van der Waals surface area contributed by atoms with Crippen molar-refractivity contribution in [2.24, 2.45) is 0 Å². The quantitative estimate of drug-likeness (QED) is 0.888. The molecule has 5 nitrogen and oxygen atoms in total. The maximum atomic E-state index is 11.9. The molecule has 0 atom stereocenters. The molecule has 0 saturated heterocycles. The molecule has 0 saturated carbocycles. The fourth-order valence-electron chi connectivity index (χ4n) is 1.76. The van der Waals surface area contributed by atoms with E-state index in [0.717, 1.165) is 0 Å². The Morgan fingerprint density at radius 2 is 2.00 bits per heavy atom. The monoisotopic (exact) mass is 259 g/mol. The molecular formula is C14H13NO4. The Morgan fingerprint density at radius 1 is 1.26 bits per heavy atom. The molecule has 0 spiro atoms. The molecule has 0 fully saturated rings. The smallest absolute Gasteiger partial charge is 0.336 e. The van der Waals surface area contributed by atoms with Crippen LogP contribution < -0.4 is 5.32 Å². The van der Waals surface area contributed by atoms with Gasteiger partial charge in [0.15, 0.2) is 0 Å². The maximum Gasteiger partial charge on any atom is 0.336 e. The van der Waals surface area contributed by atoms with Crippen LogP contribution in [0.1, 0.15) is 32.0 Å². The van der Waals surface area contributed by atoms with Gasteiger partial charge in [-0.05, 0) is 37.6 Å². The highest BCUT2D eigenvalue weighted by Crippen LogP contribution is 2.20. The van der Waals surface area contributed by atoms with E-state index in [1.165, 1.54) is 12.3 Å². The summed E-state index contributed by atoms with van der Waals surface area (Å²) < 4.78 is 5.06. The van der Waals surface area contributed by atoms with Crippen LogP contribution in [0, 0.1) is 13.8 Å². The lowest BCUT2D eigenvalue weighted by Crippen LogP contribution is -2.13. The van der Waals surface area contributed by atoms with Crippen LogP contribution in [-0.2, 0) is 0 Å². The second-order valence-electron chi connectivity index (χ2n) is 4.18. The summed E-state index contributed by atoms with van der Waals surface area (Å²) in [5.41, 5.74) is 1.56. The van der Waals surface area contributed by atoms with Gasteiger partial charge >= 0.3 is 5.97 Å². The second-order valence-corrected chi connectivity index (χ2v) is 4.18. The third-order valence-electron chi connectivity index (χ3n) is 2.81. The zero-order valence-corrected chi connectivity index (χ0v) is 10.6. The lowest BCUT2D eigenvalue weighted by Gasteiger charge is -2.09. The first kappa shape index (κ1) is 12.9. The molecule has 0 radical (unpaired) electrons. The molecule has 19 heavy (non-hydrogen) atoms.